The van der Waals surface area contributed by atoms with Gasteiger partial charge in [0.05, 0.1) is 11.3 Å². The first-order chi connectivity index (χ1) is 11.6. The van der Waals surface area contributed by atoms with Gasteiger partial charge in [-0.2, -0.15) is 21.7 Å². The van der Waals surface area contributed by atoms with Gasteiger partial charge in [-0.3, -0.25) is 4.79 Å². The summed E-state index contributed by atoms with van der Waals surface area (Å²) in [5.41, 5.74) is 2.98. The summed E-state index contributed by atoms with van der Waals surface area (Å²) < 4.78 is 0. The molecule has 2 aromatic rings. The quantitative estimate of drug-likeness (QED) is 0.838. The average molecular weight is 341 g/mol. The van der Waals surface area contributed by atoms with Gasteiger partial charge in [-0.05, 0) is 37.3 Å². The van der Waals surface area contributed by atoms with Crippen LogP contribution in [0.5, 0.6) is 0 Å². The Hall–Kier alpha value is -2.46. The maximum atomic E-state index is 12.5. The molecule has 0 atom stereocenters. The van der Waals surface area contributed by atoms with E-state index in [1.807, 2.05) is 35.6 Å². The maximum Gasteiger partial charge on any atom is 0.254 e. The number of nitrogens with zero attached hydrogens (tertiary/aromatic N) is 5. The number of carbonyl (C=O) groups excluding carboxylic acids is 1. The third kappa shape index (κ3) is 3.10. The first kappa shape index (κ1) is 16.4. The molecule has 7 heteroatoms. The molecule has 24 heavy (non-hydrogen) atoms. The largest absolute Gasteiger partial charge is 0.352 e. The van der Waals surface area contributed by atoms with E-state index in [2.05, 4.69) is 21.2 Å². The van der Waals surface area contributed by atoms with Crippen LogP contribution in [-0.2, 0) is 0 Å². The number of thiophene rings is 1. The number of aromatic nitrogens is 2. The lowest BCUT2D eigenvalue weighted by Crippen LogP contribution is -2.35. The van der Waals surface area contributed by atoms with Gasteiger partial charge < -0.3 is 9.80 Å². The lowest BCUT2D eigenvalue weighted by molar-refractivity contribution is 0.0767. The minimum Gasteiger partial charge on any atom is -0.352 e. The van der Waals surface area contributed by atoms with E-state index >= 15 is 0 Å². The van der Waals surface area contributed by atoms with Crippen LogP contribution >= 0.6 is 11.3 Å². The van der Waals surface area contributed by atoms with E-state index in [0.717, 1.165) is 29.8 Å². The second-order valence-corrected chi connectivity index (χ2v) is 6.65. The fourth-order valence-corrected chi connectivity index (χ4v) is 3.48. The number of hydrogen-bond donors (Lipinski definition) is 0. The van der Waals surface area contributed by atoms with Crippen molar-refractivity contribution >= 4 is 23.1 Å². The van der Waals surface area contributed by atoms with Crippen molar-refractivity contribution in [3.05, 3.63) is 39.2 Å². The van der Waals surface area contributed by atoms with Crippen molar-refractivity contribution in [1.29, 1.82) is 5.26 Å². The van der Waals surface area contributed by atoms with Crippen LogP contribution in [0.15, 0.2) is 16.8 Å². The zero-order valence-electron chi connectivity index (χ0n) is 13.8. The third-order valence-electron chi connectivity index (χ3n) is 4.40. The topological polar surface area (TPSA) is 73.1 Å². The summed E-state index contributed by atoms with van der Waals surface area (Å²) in [5, 5.41) is 21.7. The predicted molar refractivity (Wildman–Crippen MR) is 93.3 cm³/mol. The van der Waals surface area contributed by atoms with Crippen molar-refractivity contribution < 1.29 is 4.79 Å². The van der Waals surface area contributed by atoms with Gasteiger partial charge in [-0.1, -0.05) is 0 Å². The maximum absolute atomic E-state index is 12.5. The molecule has 0 unspecified atom stereocenters. The number of hydrogen-bond acceptors (Lipinski definition) is 6. The van der Waals surface area contributed by atoms with Gasteiger partial charge in [0.1, 0.15) is 11.6 Å². The average Bonchev–Trinajstić information content (AvgIpc) is 3.01. The molecule has 0 radical (unpaired) electrons. The summed E-state index contributed by atoms with van der Waals surface area (Å²) >= 11 is 1.53. The highest BCUT2D eigenvalue weighted by Crippen LogP contribution is 2.23. The van der Waals surface area contributed by atoms with Crippen molar-refractivity contribution in [3.63, 3.8) is 0 Å². The monoisotopic (exact) mass is 341 g/mol. The van der Waals surface area contributed by atoms with Crippen LogP contribution in [0, 0.1) is 25.2 Å². The third-order valence-corrected chi connectivity index (χ3v) is 5.08. The second kappa shape index (κ2) is 6.97. The van der Waals surface area contributed by atoms with Crippen molar-refractivity contribution in [2.45, 2.75) is 20.3 Å². The highest BCUT2D eigenvalue weighted by molar-refractivity contribution is 7.08. The van der Waals surface area contributed by atoms with Crippen LogP contribution in [0.25, 0.3) is 0 Å². The van der Waals surface area contributed by atoms with Gasteiger partial charge in [0.25, 0.3) is 5.91 Å². The van der Waals surface area contributed by atoms with Crippen LogP contribution < -0.4 is 4.90 Å². The lowest BCUT2D eigenvalue weighted by atomic mass is 10.1. The normalized spacial score (nSPS) is 15.0. The molecule has 1 saturated heterocycles. The fraction of sp³-hybridized carbons (Fsp3) is 0.412. The highest BCUT2D eigenvalue weighted by atomic mass is 32.1. The molecule has 0 saturated carbocycles. The van der Waals surface area contributed by atoms with Crippen LogP contribution in [0.1, 0.15) is 33.6 Å². The number of carbonyl (C=O) groups is 1. The Bertz CT molecular complexity index is 781. The van der Waals surface area contributed by atoms with E-state index in [9.17, 15) is 10.1 Å². The number of amides is 1. The molecule has 2 aromatic heterocycles. The van der Waals surface area contributed by atoms with Gasteiger partial charge in [0.15, 0.2) is 5.82 Å². The summed E-state index contributed by atoms with van der Waals surface area (Å²) in [4.78, 5) is 16.5. The van der Waals surface area contributed by atoms with E-state index in [0.29, 0.717) is 31.0 Å². The summed E-state index contributed by atoms with van der Waals surface area (Å²) in [6.07, 6.45) is 0.843. The van der Waals surface area contributed by atoms with Crippen molar-refractivity contribution in [3.8, 4) is 6.07 Å². The van der Waals surface area contributed by atoms with Crippen LogP contribution in [-0.4, -0.2) is 47.2 Å². The Morgan fingerprint density at radius 2 is 2.08 bits per heavy atom. The van der Waals surface area contributed by atoms with E-state index in [1.165, 1.54) is 11.3 Å². The minimum atomic E-state index is 0.0739. The molecule has 3 rings (SSSR count). The summed E-state index contributed by atoms with van der Waals surface area (Å²) in [6, 6.07) is 4.11. The van der Waals surface area contributed by atoms with E-state index in [-0.39, 0.29) is 5.91 Å². The predicted octanol–water partition coefficient (Wildman–Crippen LogP) is 2.38. The number of nitriles is 1. The second-order valence-electron chi connectivity index (χ2n) is 5.87. The molecule has 124 valence electrons. The zero-order valence-corrected chi connectivity index (χ0v) is 14.6. The van der Waals surface area contributed by atoms with Crippen molar-refractivity contribution in [2.24, 2.45) is 0 Å². The zero-order chi connectivity index (χ0) is 17.1. The van der Waals surface area contributed by atoms with E-state index in [1.54, 1.807) is 0 Å². The first-order valence-corrected chi connectivity index (χ1v) is 8.86. The molecule has 0 bridgehead atoms. The van der Waals surface area contributed by atoms with Gasteiger partial charge in [-0.25, -0.2) is 0 Å². The Labute approximate surface area is 145 Å². The molecule has 0 spiro atoms. The Morgan fingerprint density at radius 3 is 2.79 bits per heavy atom. The minimum absolute atomic E-state index is 0.0739. The molecule has 1 aliphatic rings. The smallest absolute Gasteiger partial charge is 0.254 e. The summed E-state index contributed by atoms with van der Waals surface area (Å²) in [7, 11) is 0. The number of aryl methyl sites for hydroxylation is 1. The Morgan fingerprint density at radius 1 is 1.25 bits per heavy atom. The van der Waals surface area contributed by atoms with Crippen LogP contribution in [0.2, 0.25) is 0 Å². The lowest BCUT2D eigenvalue weighted by Gasteiger charge is -2.23. The van der Waals surface area contributed by atoms with Gasteiger partial charge in [0.2, 0.25) is 0 Å². The SMILES string of the molecule is Cc1nnc(N2CCCN(C(=O)c3ccsc3)CC2)c(C#N)c1C. The van der Waals surface area contributed by atoms with Gasteiger partial charge in [-0.15, -0.1) is 5.10 Å². The molecule has 6 nitrogen and oxygen atoms in total. The molecule has 3 heterocycles. The Kier molecular flexibility index (Phi) is 4.76. The van der Waals surface area contributed by atoms with E-state index < -0.39 is 0 Å². The van der Waals surface area contributed by atoms with Crippen molar-refractivity contribution in [1.82, 2.24) is 15.1 Å². The van der Waals surface area contributed by atoms with Gasteiger partial charge >= 0.3 is 0 Å². The summed E-state index contributed by atoms with van der Waals surface area (Å²) in [5.74, 6) is 0.704. The molecule has 0 aromatic carbocycles. The molecule has 1 fully saturated rings. The fourth-order valence-electron chi connectivity index (χ4n) is 2.85. The van der Waals surface area contributed by atoms with Crippen LogP contribution in [0.4, 0.5) is 5.82 Å². The Balaban J connectivity index is 1.78. The standard InChI is InChI=1S/C17H19N5OS/c1-12-13(2)19-20-16(15(12)10-18)21-5-3-6-22(8-7-21)17(23)14-4-9-24-11-14/h4,9,11H,3,5-8H2,1-2H3. The molecular weight excluding hydrogens is 322 g/mol. The molecule has 1 aliphatic heterocycles. The molecular formula is C17H19N5OS. The highest BCUT2D eigenvalue weighted by Gasteiger charge is 2.23. The van der Waals surface area contributed by atoms with E-state index in [4.69, 9.17) is 0 Å². The van der Waals surface area contributed by atoms with Crippen molar-refractivity contribution in [2.75, 3.05) is 31.1 Å². The molecule has 0 aliphatic carbocycles. The summed E-state index contributed by atoms with van der Waals surface area (Å²) in [6.45, 7) is 6.51. The van der Waals surface area contributed by atoms with Crippen LogP contribution in [0.3, 0.4) is 0 Å². The molecule has 1 amide bonds. The first-order valence-electron chi connectivity index (χ1n) is 7.92. The number of anilines is 1. The number of rotatable bonds is 2. The van der Waals surface area contributed by atoms with Gasteiger partial charge in [0, 0.05) is 31.6 Å². The molecule has 0 N–H and O–H groups in total.